The lowest BCUT2D eigenvalue weighted by atomic mass is 9.97. The van der Waals surface area contributed by atoms with Gasteiger partial charge in [0.2, 0.25) is 12.0 Å². The Labute approximate surface area is 269 Å². The van der Waals surface area contributed by atoms with Crippen LogP contribution in [0.4, 0.5) is 0 Å². The molecule has 2 aromatic carbocycles. The summed E-state index contributed by atoms with van der Waals surface area (Å²) in [4.78, 5) is 15.7. The van der Waals surface area contributed by atoms with Crippen molar-refractivity contribution in [3.63, 3.8) is 0 Å². The van der Waals surface area contributed by atoms with E-state index in [1.165, 1.54) is 12.1 Å². The number of ether oxygens (including phenoxy) is 5. The van der Waals surface area contributed by atoms with E-state index in [1.807, 2.05) is 0 Å². The summed E-state index contributed by atoms with van der Waals surface area (Å²) in [6, 6.07) is 8.30. The van der Waals surface area contributed by atoms with Gasteiger partial charge in [0.15, 0.2) is 17.6 Å². The molecule has 6 rings (SSSR count). The SMILES string of the molecule is N=C1C=CC(CCOc2ccc(C3C=C(O)c4c(cc(O[C@@H]5O[C@H](C(=O)O)[C@@H](O)[C@@H](O)[C@H]5O)c(OC5CCCCC5)c4O)O3)cc2)=N1. The summed E-state index contributed by atoms with van der Waals surface area (Å²) in [5, 5.41) is 70.5. The van der Waals surface area contributed by atoms with Crippen LogP contribution in [0.5, 0.6) is 28.7 Å². The number of allylic oxidation sites excluding steroid dienone is 1. The number of amidine groups is 1. The smallest absolute Gasteiger partial charge is 0.335 e. The number of nitrogens with zero attached hydrogens (tertiary/aromatic N) is 1. The van der Waals surface area contributed by atoms with Gasteiger partial charge in [0.05, 0.1) is 12.7 Å². The van der Waals surface area contributed by atoms with E-state index < -0.39 is 48.5 Å². The Morgan fingerprint density at radius 2 is 1.72 bits per heavy atom. The topological polar surface area (TPSA) is 221 Å². The third kappa shape index (κ3) is 6.90. The van der Waals surface area contributed by atoms with E-state index in [4.69, 9.17) is 29.1 Å². The average molecular weight is 653 g/mol. The molecule has 2 aromatic rings. The predicted molar refractivity (Wildman–Crippen MR) is 165 cm³/mol. The second kappa shape index (κ2) is 13.6. The number of carbonyl (C=O) groups is 1. The highest BCUT2D eigenvalue weighted by Crippen LogP contribution is 2.51. The van der Waals surface area contributed by atoms with E-state index in [-0.39, 0.29) is 40.5 Å². The number of phenols is 1. The first-order valence-electron chi connectivity index (χ1n) is 15.4. The molecule has 250 valence electrons. The molecule has 47 heavy (non-hydrogen) atoms. The molecule has 6 atom stereocenters. The summed E-state index contributed by atoms with van der Waals surface area (Å²) in [6.07, 6.45) is -0.899. The van der Waals surface area contributed by atoms with Crippen molar-refractivity contribution in [2.75, 3.05) is 6.61 Å². The van der Waals surface area contributed by atoms with Crippen molar-refractivity contribution in [1.29, 1.82) is 5.41 Å². The molecule has 1 unspecified atom stereocenters. The fraction of sp³-hybridized carbons (Fsp3) is 0.424. The van der Waals surface area contributed by atoms with Crippen LogP contribution in [-0.4, -0.2) is 91.6 Å². The number of aromatic hydroxyl groups is 1. The van der Waals surface area contributed by atoms with Gasteiger partial charge in [-0.25, -0.2) is 9.79 Å². The van der Waals surface area contributed by atoms with E-state index in [0.717, 1.165) is 25.0 Å². The Morgan fingerprint density at radius 3 is 2.40 bits per heavy atom. The maximum atomic E-state index is 11.7. The van der Waals surface area contributed by atoms with Crippen molar-refractivity contribution in [2.24, 2.45) is 4.99 Å². The summed E-state index contributed by atoms with van der Waals surface area (Å²) in [6.45, 7) is 0.361. The van der Waals surface area contributed by atoms with Gasteiger partial charge < -0.3 is 54.3 Å². The van der Waals surface area contributed by atoms with Crippen LogP contribution in [0.2, 0.25) is 0 Å². The van der Waals surface area contributed by atoms with Gasteiger partial charge in [0.1, 0.15) is 53.1 Å². The number of aliphatic hydroxyl groups is 4. The monoisotopic (exact) mass is 652 g/mol. The molecule has 14 heteroatoms. The van der Waals surface area contributed by atoms with Gasteiger partial charge in [0.25, 0.3) is 0 Å². The number of nitrogens with one attached hydrogen (secondary N) is 1. The highest BCUT2D eigenvalue weighted by molar-refractivity contribution is 6.14. The minimum atomic E-state index is -1.92. The second-order valence-corrected chi connectivity index (χ2v) is 11.7. The molecule has 3 aliphatic heterocycles. The van der Waals surface area contributed by atoms with E-state index >= 15 is 0 Å². The van der Waals surface area contributed by atoms with Crippen LogP contribution in [0.15, 0.2) is 53.6 Å². The van der Waals surface area contributed by atoms with Crippen molar-refractivity contribution in [2.45, 2.75) is 81.4 Å². The molecule has 1 aliphatic carbocycles. The summed E-state index contributed by atoms with van der Waals surface area (Å²) < 4.78 is 29.3. The largest absolute Gasteiger partial charge is 0.507 e. The van der Waals surface area contributed by atoms with Gasteiger partial charge in [-0.2, -0.15) is 0 Å². The lowest BCUT2D eigenvalue weighted by Crippen LogP contribution is -2.61. The molecule has 2 fully saturated rings. The maximum Gasteiger partial charge on any atom is 0.335 e. The lowest BCUT2D eigenvalue weighted by Gasteiger charge is -2.39. The average Bonchev–Trinajstić information content (AvgIpc) is 3.47. The molecule has 0 spiro atoms. The molecule has 0 aromatic heterocycles. The van der Waals surface area contributed by atoms with Gasteiger partial charge in [-0.1, -0.05) is 18.6 Å². The number of phenolic OH excluding ortho intramolecular Hbond substituents is 1. The summed E-state index contributed by atoms with van der Waals surface area (Å²) in [5.41, 5.74) is 1.35. The molecular formula is C33H36N2O12. The number of fused-ring (bicyclic) bond motifs is 1. The van der Waals surface area contributed by atoms with Crippen molar-refractivity contribution in [1.82, 2.24) is 0 Å². The molecule has 1 saturated heterocycles. The highest BCUT2D eigenvalue weighted by Gasteiger charge is 2.48. The number of carboxylic acid groups (broad SMARTS) is 1. The standard InChI is InChI=1S/C33H36N2O12/c34-24-11-8-17(35-24)12-13-43-18-9-6-16(7-10-18)21-14-20(36)25-22(45-21)15-23(30(26(25)37)44-19-4-2-1-3-5-19)46-33-29(40)27(38)28(39)31(47-33)32(41)42/h6-11,14-15,19,21,27-29,31,33-34,36-40H,1-5,12-13H2,(H,41,42)/t21?,27-,28+,29-,31+,33-/m1/s1. The van der Waals surface area contributed by atoms with Gasteiger partial charge in [0, 0.05) is 24.3 Å². The van der Waals surface area contributed by atoms with Crippen molar-refractivity contribution < 1.29 is 59.1 Å². The first-order chi connectivity index (χ1) is 22.6. The van der Waals surface area contributed by atoms with E-state index in [0.29, 0.717) is 37.2 Å². The third-order valence-corrected chi connectivity index (χ3v) is 8.43. The quantitative estimate of drug-likeness (QED) is 0.197. The molecule has 14 nitrogen and oxygen atoms in total. The number of aliphatic carboxylic acids is 1. The number of carboxylic acids is 1. The Morgan fingerprint density at radius 1 is 0.979 bits per heavy atom. The summed E-state index contributed by atoms with van der Waals surface area (Å²) in [5.74, 6) is -1.96. The van der Waals surface area contributed by atoms with E-state index in [2.05, 4.69) is 4.99 Å². The van der Waals surface area contributed by atoms with Crippen LogP contribution in [0.1, 0.15) is 55.8 Å². The van der Waals surface area contributed by atoms with Crippen molar-refractivity contribution >= 4 is 23.3 Å². The van der Waals surface area contributed by atoms with Gasteiger partial charge in [-0.05, 0) is 55.5 Å². The Bertz CT molecular complexity index is 1600. The molecule has 0 radical (unpaired) electrons. The Kier molecular flexibility index (Phi) is 9.36. The zero-order valence-corrected chi connectivity index (χ0v) is 25.2. The van der Waals surface area contributed by atoms with Crippen LogP contribution >= 0.6 is 0 Å². The Hall–Kier alpha value is -4.63. The minimum Gasteiger partial charge on any atom is -0.507 e. The Balaban J connectivity index is 1.25. The molecular weight excluding hydrogens is 616 g/mol. The predicted octanol–water partition coefficient (Wildman–Crippen LogP) is 3.16. The number of aliphatic imine (C=N–C) groups is 1. The van der Waals surface area contributed by atoms with E-state index in [9.17, 15) is 35.4 Å². The lowest BCUT2D eigenvalue weighted by molar-refractivity contribution is -0.271. The highest BCUT2D eigenvalue weighted by atomic mass is 16.7. The number of rotatable bonds is 10. The fourth-order valence-electron chi connectivity index (χ4n) is 5.90. The first kappa shape index (κ1) is 32.3. The summed E-state index contributed by atoms with van der Waals surface area (Å²) >= 11 is 0. The molecule has 0 amide bonds. The van der Waals surface area contributed by atoms with E-state index in [1.54, 1.807) is 36.4 Å². The van der Waals surface area contributed by atoms with Crippen molar-refractivity contribution in [3.8, 4) is 28.7 Å². The normalized spacial score (nSPS) is 27.3. The van der Waals surface area contributed by atoms with Crippen LogP contribution in [0.25, 0.3) is 5.76 Å². The molecule has 1 saturated carbocycles. The number of benzene rings is 2. The van der Waals surface area contributed by atoms with Crippen LogP contribution < -0.4 is 18.9 Å². The number of aliphatic hydroxyl groups excluding tert-OH is 4. The molecule has 3 heterocycles. The number of hydrogen-bond donors (Lipinski definition) is 7. The zero-order valence-electron chi connectivity index (χ0n) is 25.2. The fourth-order valence-corrected chi connectivity index (χ4v) is 5.90. The second-order valence-electron chi connectivity index (χ2n) is 11.7. The van der Waals surface area contributed by atoms with Crippen molar-refractivity contribution in [3.05, 3.63) is 59.7 Å². The van der Waals surface area contributed by atoms with Crippen LogP contribution in [-0.2, 0) is 9.53 Å². The molecule has 4 aliphatic rings. The zero-order chi connectivity index (χ0) is 33.2. The van der Waals surface area contributed by atoms with Crippen LogP contribution in [0, 0.1) is 5.41 Å². The molecule has 7 N–H and O–H groups in total. The van der Waals surface area contributed by atoms with Gasteiger partial charge in [-0.3, -0.25) is 5.41 Å². The number of hydrogen-bond acceptors (Lipinski definition) is 12. The minimum absolute atomic E-state index is 0.00421. The summed E-state index contributed by atoms with van der Waals surface area (Å²) in [7, 11) is 0. The third-order valence-electron chi connectivity index (χ3n) is 8.43. The van der Waals surface area contributed by atoms with Gasteiger partial charge >= 0.3 is 5.97 Å². The first-order valence-corrected chi connectivity index (χ1v) is 15.4. The van der Waals surface area contributed by atoms with Crippen LogP contribution in [0.3, 0.4) is 0 Å². The van der Waals surface area contributed by atoms with Gasteiger partial charge in [-0.15, -0.1) is 0 Å². The maximum absolute atomic E-state index is 11.7. The molecule has 0 bridgehead atoms.